The molecule has 0 aliphatic carbocycles. The van der Waals surface area contributed by atoms with E-state index in [1.54, 1.807) is 0 Å². The first-order valence-corrected chi connectivity index (χ1v) is 9.02. The number of hydrazone groups is 1. The fraction of sp³-hybridized carbons (Fsp3) is 0.190. The maximum atomic E-state index is 13.1. The van der Waals surface area contributed by atoms with Gasteiger partial charge in [-0.25, -0.2) is 9.80 Å². The Balaban J connectivity index is 1.48. The van der Waals surface area contributed by atoms with Gasteiger partial charge in [0, 0.05) is 23.9 Å². The third kappa shape index (κ3) is 4.05. The zero-order valence-corrected chi connectivity index (χ0v) is 15.5. The average molecular weight is 416 g/mol. The van der Waals surface area contributed by atoms with Gasteiger partial charge in [-0.15, -0.1) is 0 Å². The molecule has 1 amide bonds. The molecule has 1 aliphatic heterocycles. The van der Waals surface area contributed by atoms with E-state index in [1.807, 2.05) is 30.3 Å². The molecule has 0 atom stereocenters. The van der Waals surface area contributed by atoms with E-state index in [2.05, 4.69) is 5.10 Å². The molecule has 0 radical (unpaired) electrons. The Morgan fingerprint density at radius 1 is 1.13 bits per heavy atom. The van der Waals surface area contributed by atoms with Crippen LogP contribution in [0.25, 0.3) is 11.0 Å². The number of amides is 1. The number of fused-ring (bicyclic) bond motifs is 1. The summed E-state index contributed by atoms with van der Waals surface area (Å²) in [6.07, 6.45) is -4.09. The molecule has 0 bridgehead atoms. The lowest BCUT2D eigenvalue weighted by Gasteiger charge is -2.13. The topological polar surface area (TPSA) is 72.1 Å². The summed E-state index contributed by atoms with van der Waals surface area (Å²) in [7, 11) is 0. The van der Waals surface area contributed by atoms with E-state index in [0.29, 0.717) is 19.0 Å². The molecule has 154 valence electrons. The molecule has 1 aromatic heterocycles. The van der Waals surface area contributed by atoms with Crippen LogP contribution in [0.3, 0.4) is 0 Å². The first kappa shape index (κ1) is 19.7. The van der Waals surface area contributed by atoms with Crippen LogP contribution >= 0.6 is 0 Å². The highest BCUT2D eigenvalue weighted by atomic mass is 19.4. The number of rotatable bonds is 4. The second-order valence-corrected chi connectivity index (χ2v) is 6.60. The second kappa shape index (κ2) is 7.66. The van der Waals surface area contributed by atoms with Crippen molar-refractivity contribution in [1.82, 2.24) is 5.01 Å². The van der Waals surface area contributed by atoms with Gasteiger partial charge >= 0.3 is 11.8 Å². The number of carbonyl (C=O) groups is 1. The maximum Gasteiger partial charge on any atom is 0.417 e. The van der Waals surface area contributed by atoms with Crippen LogP contribution in [0.4, 0.5) is 13.2 Å². The Labute approximate surface area is 168 Å². The monoisotopic (exact) mass is 416 g/mol. The van der Waals surface area contributed by atoms with Crippen molar-refractivity contribution in [3.05, 3.63) is 76.1 Å². The third-order valence-electron chi connectivity index (χ3n) is 4.58. The molecule has 2 aromatic carbocycles. The second-order valence-electron chi connectivity index (χ2n) is 6.60. The largest absolute Gasteiger partial charge is 0.484 e. The predicted octanol–water partition coefficient (Wildman–Crippen LogP) is 3.83. The van der Waals surface area contributed by atoms with E-state index in [0.717, 1.165) is 23.4 Å². The number of alkyl halides is 3. The first-order chi connectivity index (χ1) is 14.3. The first-order valence-electron chi connectivity index (χ1n) is 9.02. The van der Waals surface area contributed by atoms with Gasteiger partial charge in [-0.1, -0.05) is 30.3 Å². The number of nitrogens with zero attached hydrogens (tertiary/aromatic N) is 2. The van der Waals surface area contributed by atoms with Crippen LogP contribution in [0.1, 0.15) is 17.5 Å². The molecule has 0 spiro atoms. The number of carbonyl (C=O) groups excluding carboxylic acids is 1. The Kier molecular flexibility index (Phi) is 5.03. The molecule has 6 nitrogen and oxygen atoms in total. The van der Waals surface area contributed by atoms with Crippen LogP contribution in [0.15, 0.2) is 68.9 Å². The number of hydrogen-bond acceptors (Lipinski definition) is 5. The summed E-state index contributed by atoms with van der Waals surface area (Å²) in [5.74, 6) is -0.295. The fourth-order valence-electron chi connectivity index (χ4n) is 3.16. The van der Waals surface area contributed by atoms with Crippen molar-refractivity contribution in [3.8, 4) is 5.75 Å². The quantitative estimate of drug-likeness (QED) is 0.606. The van der Waals surface area contributed by atoms with Gasteiger partial charge in [0.1, 0.15) is 11.3 Å². The lowest BCUT2D eigenvalue weighted by Crippen LogP contribution is -2.28. The molecule has 0 unspecified atom stereocenters. The lowest BCUT2D eigenvalue weighted by molar-refractivity contribution is -0.136. The molecular formula is C21H15F3N2O4. The molecule has 0 saturated heterocycles. The van der Waals surface area contributed by atoms with Gasteiger partial charge < -0.3 is 9.15 Å². The Morgan fingerprint density at radius 3 is 2.63 bits per heavy atom. The lowest BCUT2D eigenvalue weighted by atomic mass is 10.1. The summed E-state index contributed by atoms with van der Waals surface area (Å²) in [6, 6.07) is 13.4. The van der Waals surface area contributed by atoms with Crippen molar-refractivity contribution < 1.29 is 27.1 Å². The smallest absolute Gasteiger partial charge is 0.417 e. The van der Waals surface area contributed by atoms with E-state index in [4.69, 9.17) is 9.15 Å². The summed E-state index contributed by atoms with van der Waals surface area (Å²) in [6.45, 7) is 0.0498. The van der Waals surface area contributed by atoms with Gasteiger partial charge in [0.05, 0.1) is 17.8 Å². The highest BCUT2D eigenvalue weighted by molar-refractivity contribution is 6.02. The van der Waals surface area contributed by atoms with E-state index in [-0.39, 0.29) is 23.3 Å². The summed E-state index contributed by atoms with van der Waals surface area (Å²) in [5.41, 5.74) is -0.765. The molecule has 0 fully saturated rings. The van der Waals surface area contributed by atoms with Crippen molar-refractivity contribution in [1.29, 1.82) is 0 Å². The number of benzene rings is 2. The Morgan fingerprint density at radius 2 is 1.90 bits per heavy atom. The SMILES string of the molecule is O=C(COc1ccc2c(C(F)(F)F)cc(=O)oc2c1)N1CCC(c2ccccc2)=N1. The summed E-state index contributed by atoms with van der Waals surface area (Å²) in [5, 5.41) is 5.34. The zero-order valence-electron chi connectivity index (χ0n) is 15.5. The molecule has 4 rings (SSSR count). The van der Waals surface area contributed by atoms with Crippen LogP contribution < -0.4 is 10.4 Å². The normalized spacial score (nSPS) is 14.1. The van der Waals surface area contributed by atoms with Crippen LogP contribution in [0.5, 0.6) is 5.75 Å². The Hall–Kier alpha value is -3.62. The zero-order chi connectivity index (χ0) is 21.3. The average Bonchev–Trinajstić information content (AvgIpc) is 3.21. The van der Waals surface area contributed by atoms with E-state index >= 15 is 0 Å². The fourth-order valence-corrected chi connectivity index (χ4v) is 3.16. The molecule has 0 N–H and O–H groups in total. The van der Waals surface area contributed by atoms with Gasteiger partial charge in [-0.05, 0) is 17.7 Å². The van der Waals surface area contributed by atoms with Gasteiger partial charge in [-0.3, -0.25) is 4.79 Å². The number of halogens is 3. The molecule has 30 heavy (non-hydrogen) atoms. The highest BCUT2D eigenvalue weighted by Crippen LogP contribution is 2.34. The summed E-state index contributed by atoms with van der Waals surface area (Å²) in [4.78, 5) is 23.8. The van der Waals surface area contributed by atoms with E-state index in [1.165, 1.54) is 11.1 Å². The van der Waals surface area contributed by atoms with E-state index < -0.39 is 23.3 Å². The maximum absolute atomic E-state index is 13.1. The highest BCUT2D eigenvalue weighted by Gasteiger charge is 2.34. The Bertz CT molecular complexity index is 1190. The number of hydrogen-bond donors (Lipinski definition) is 0. The third-order valence-corrected chi connectivity index (χ3v) is 4.58. The molecule has 2 heterocycles. The summed E-state index contributed by atoms with van der Waals surface area (Å²) < 4.78 is 49.6. The van der Waals surface area contributed by atoms with Crippen molar-refractivity contribution >= 4 is 22.6 Å². The van der Waals surface area contributed by atoms with Gasteiger partial charge in [0.15, 0.2) is 6.61 Å². The van der Waals surface area contributed by atoms with Crippen molar-refractivity contribution in [2.75, 3.05) is 13.2 Å². The standard InChI is InChI=1S/C21H15F3N2O4/c22-21(23,24)16-11-20(28)30-18-10-14(6-7-15(16)18)29-12-19(27)26-9-8-17(25-26)13-4-2-1-3-5-13/h1-7,10-11H,8-9,12H2. The molecule has 1 aliphatic rings. The minimum Gasteiger partial charge on any atom is -0.484 e. The van der Waals surface area contributed by atoms with Crippen molar-refractivity contribution in [2.45, 2.75) is 12.6 Å². The summed E-state index contributed by atoms with van der Waals surface area (Å²) >= 11 is 0. The number of ether oxygens (including phenoxy) is 1. The van der Waals surface area contributed by atoms with Crippen LogP contribution in [0.2, 0.25) is 0 Å². The predicted molar refractivity (Wildman–Crippen MR) is 102 cm³/mol. The minimum atomic E-state index is -4.70. The van der Waals surface area contributed by atoms with Crippen LogP contribution in [-0.2, 0) is 11.0 Å². The minimum absolute atomic E-state index is 0.102. The molecular weight excluding hydrogens is 401 g/mol. The molecule has 9 heteroatoms. The van der Waals surface area contributed by atoms with Crippen LogP contribution in [-0.4, -0.2) is 29.8 Å². The van der Waals surface area contributed by atoms with Gasteiger partial charge in [0.2, 0.25) is 0 Å². The van der Waals surface area contributed by atoms with Crippen molar-refractivity contribution in [2.24, 2.45) is 5.10 Å². The van der Waals surface area contributed by atoms with Crippen LogP contribution in [0, 0.1) is 0 Å². The molecule has 3 aromatic rings. The van der Waals surface area contributed by atoms with Crippen molar-refractivity contribution in [3.63, 3.8) is 0 Å². The molecule has 0 saturated carbocycles. The van der Waals surface area contributed by atoms with Gasteiger partial charge in [0.25, 0.3) is 5.91 Å². The van der Waals surface area contributed by atoms with Gasteiger partial charge in [-0.2, -0.15) is 18.3 Å². The van der Waals surface area contributed by atoms with E-state index in [9.17, 15) is 22.8 Å².